The lowest BCUT2D eigenvalue weighted by molar-refractivity contribution is 0.537. The Morgan fingerprint density at radius 3 is 2.55 bits per heavy atom. The van der Waals surface area contributed by atoms with Crippen molar-refractivity contribution in [2.75, 3.05) is 13.6 Å². The number of rotatable bonds is 6. The first-order valence-electron chi connectivity index (χ1n) is 7.00. The van der Waals surface area contributed by atoms with Gasteiger partial charge in [-0.1, -0.05) is 26.0 Å². The minimum absolute atomic E-state index is 0.283. The molecule has 112 valence electrons. The second-order valence-electron chi connectivity index (χ2n) is 6.37. The average molecular weight is 296 g/mol. The average Bonchev–Trinajstić information content (AvgIpc) is 2.97. The highest BCUT2D eigenvalue weighted by molar-refractivity contribution is 7.89. The number of sulfonamides is 1. The fraction of sp³-hybridized carbons (Fsp3) is 0.600. The van der Waals surface area contributed by atoms with Crippen molar-refractivity contribution in [3.05, 3.63) is 29.3 Å². The van der Waals surface area contributed by atoms with Crippen LogP contribution in [0, 0.1) is 18.3 Å². The zero-order valence-electron chi connectivity index (χ0n) is 12.7. The van der Waals surface area contributed by atoms with Gasteiger partial charge in [0.15, 0.2) is 0 Å². The fourth-order valence-corrected chi connectivity index (χ4v) is 3.84. The number of hydrogen-bond acceptors (Lipinski definition) is 3. The van der Waals surface area contributed by atoms with E-state index in [1.165, 1.54) is 0 Å². The second kappa shape index (κ2) is 5.47. The molecule has 4 nitrogen and oxygen atoms in total. The molecule has 20 heavy (non-hydrogen) atoms. The predicted molar refractivity (Wildman–Crippen MR) is 81.0 cm³/mol. The highest BCUT2D eigenvalue weighted by Crippen LogP contribution is 2.51. The minimum atomic E-state index is -3.41. The van der Waals surface area contributed by atoms with Crippen LogP contribution in [-0.2, 0) is 16.6 Å². The van der Waals surface area contributed by atoms with Gasteiger partial charge in [-0.05, 0) is 48.9 Å². The van der Waals surface area contributed by atoms with Crippen LogP contribution in [0.2, 0.25) is 0 Å². The molecule has 0 radical (unpaired) electrons. The molecule has 0 amide bonds. The highest BCUT2D eigenvalue weighted by atomic mass is 32.2. The first-order valence-corrected chi connectivity index (χ1v) is 8.48. The summed E-state index contributed by atoms with van der Waals surface area (Å²) in [4.78, 5) is 0.392. The van der Waals surface area contributed by atoms with E-state index in [0.29, 0.717) is 23.9 Å². The van der Waals surface area contributed by atoms with Crippen LogP contribution in [0.15, 0.2) is 23.1 Å². The maximum Gasteiger partial charge on any atom is 0.240 e. The number of hydrogen-bond donors (Lipinski definition) is 2. The van der Waals surface area contributed by atoms with E-state index in [1.807, 2.05) is 26.1 Å². The summed E-state index contributed by atoms with van der Waals surface area (Å²) < 4.78 is 27.6. The molecule has 2 rings (SSSR count). The largest absolute Gasteiger partial charge is 0.316 e. The van der Waals surface area contributed by atoms with E-state index >= 15 is 0 Å². The van der Waals surface area contributed by atoms with Gasteiger partial charge in [0.2, 0.25) is 10.0 Å². The molecule has 1 aromatic carbocycles. The van der Waals surface area contributed by atoms with E-state index in [9.17, 15) is 8.42 Å². The van der Waals surface area contributed by atoms with Crippen molar-refractivity contribution < 1.29 is 8.42 Å². The molecule has 1 aromatic rings. The number of benzene rings is 1. The van der Waals surface area contributed by atoms with Crippen molar-refractivity contribution in [2.45, 2.75) is 38.6 Å². The number of nitrogens with one attached hydrogen (secondary N) is 2. The van der Waals surface area contributed by atoms with E-state index < -0.39 is 10.0 Å². The molecule has 0 spiro atoms. The van der Waals surface area contributed by atoms with Crippen LogP contribution in [0.5, 0.6) is 0 Å². The Kier molecular flexibility index (Phi) is 4.23. The van der Waals surface area contributed by atoms with E-state index in [0.717, 1.165) is 17.5 Å². The SMILES string of the molecule is CNCc1ccc(C)c(S(=O)(=O)NCC2CC2(C)C)c1. The van der Waals surface area contributed by atoms with Crippen LogP contribution in [0.25, 0.3) is 0 Å². The molecule has 0 aromatic heterocycles. The standard InChI is InChI=1S/C15H24N2O2S/c1-11-5-6-12(9-16-4)7-14(11)20(18,19)17-10-13-8-15(13,2)3/h5-7,13,16-17H,8-10H2,1-4H3. The van der Waals surface area contributed by atoms with Crippen LogP contribution in [-0.4, -0.2) is 22.0 Å². The van der Waals surface area contributed by atoms with Gasteiger partial charge >= 0.3 is 0 Å². The van der Waals surface area contributed by atoms with Crippen molar-refractivity contribution >= 4 is 10.0 Å². The molecule has 1 aliphatic rings. The second-order valence-corrected chi connectivity index (χ2v) is 8.11. The van der Waals surface area contributed by atoms with Gasteiger partial charge in [-0.2, -0.15) is 0 Å². The van der Waals surface area contributed by atoms with Crippen LogP contribution < -0.4 is 10.0 Å². The summed E-state index contributed by atoms with van der Waals surface area (Å²) in [6, 6.07) is 5.57. The minimum Gasteiger partial charge on any atom is -0.316 e. The normalized spacial score (nSPS) is 20.9. The summed E-state index contributed by atoms with van der Waals surface area (Å²) >= 11 is 0. The molecule has 1 saturated carbocycles. The van der Waals surface area contributed by atoms with Crippen molar-refractivity contribution in [1.82, 2.24) is 10.0 Å². The Bertz CT molecular complexity index is 594. The maximum atomic E-state index is 12.4. The quantitative estimate of drug-likeness (QED) is 0.844. The van der Waals surface area contributed by atoms with Crippen molar-refractivity contribution in [2.24, 2.45) is 11.3 Å². The summed E-state index contributed by atoms with van der Waals surface area (Å²) in [5.41, 5.74) is 2.04. The van der Waals surface area contributed by atoms with Gasteiger partial charge in [-0.15, -0.1) is 0 Å². The van der Waals surface area contributed by atoms with Gasteiger partial charge in [0.25, 0.3) is 0 Å². The maximum absolute atomic E-state index is 12.4. The third kappa shape index (κ3) is 3.40. The molecular formula is C15H24N2O2S. The summed E-state index contributed by atoms with van der Waals surface area (Å²) in [7, 11) is -1.57. The Morgan fingerprint density at radius 2 is 2.00 bits per heavy atom. The van der Waals surface area contributed by atoms with Crippen LogP contribution in [0.4, 0.5) is 0 Å². The summed E-state index contributed by atoms with van der Waals surface area (Å²) in [6.07, 6.45) is 1.09. The van der Waals surface area contributed by atoms with Gasteiger partial charge in [0.1, 0.15) is 0 Å². The molecule has 1 atom stereocenters. The molecule has 5 heteroatoms. The zero-order valence-corrected chi connectivity index (χ0v) is 13.5. The van der Waals surface area contributed by atoms with E-state index in [2.05, 4.69) is 23.9 Å². The van der Waals surface area contributed by atoms with E-state index in [4.69, 9.17) is 0 Å². The topological polar surface area (TPSA) is 58.2 Å². The van der Waals surface area contributed by atoms with Crippen LogP contribution in [0.1, 0.15) is 31.4 Å². The first kappa shape index (κ1) is 15.5. The summed E-state index contributed by atoms with van der Waals surface area (Å²) in [5.74, 6) is 0.457. The summed E-state index contributed by atoms with van der Waals surface area (Å²) in [5, 5.41) is 3.04. The van der Waals surface area contributed by atoms with Crippen molar-refractivity contribution in [3.63, 3.8) is 0 Å². The van der Waals surface area contributed by atoms with Crippen LogP contribution >= 0.6 is 0 Å². The molecule has 1 fully saturated rings. The highest BCUT2D eigenvalue weighted by Gasteiger charge is 2.45. The van der Waals surface area contributed by atoms with Crippen molar-refractivity contribution in [3.8, 4) is 0 Å². The lowest BCUT2D eigenvalue weighted by Crippen LogP contribution is -2.27. The zero-order chi connectivity index (χ0) is 15.0. The Morgan fingerprint density at radius 1 is 1.35 bits per heavy atom. The lowest BCUT2D eigenvalue weighted by Gasteiger charge is -2.12. The van der Waals surface area contributed by atoms with E-state index in [-0.39, 0.29) is 5.41 Å². The molecule has 0 heterocycles. The summed E-state index contributed by atoms with van der Waals surface area (Å²) in [6.45, 7) is 7.37. The Labute approximate surface area is 122 Å². The first-order chi connectivity index (χ1) is 9.26. The third-order valence-corrected chi connectivity index (χ3v) is 5.73. The molecule has 0 saturated heterocycles. The molecular weight excluding hydrogens is 272 g/mol. The number of aryl methyl sites for hydroxylation is 1. The lowest BCUT2D eigenvalue weighted by atomic mass is 10.1. The van der Waals surface area contributed by atoms with Gasteiger partial charge < -0.3 is 5.32 Å². The van der Waals surface area contributed by atoms with Crippen molar-refractivity contribution in [1.29, 1.82) is 0 Å². The molecule has 2 N–H and O–H groups in total. The van der Waals surface area contributed by atoms with Gasteiger partial charge in [0.05, 0.1) is 4.90 Å². The van der Waals surface area contributed by atoms with Gasteiger partial charge in [-0.3, -0.25) is 0 Å². The van der Waals surface area contributed by atoms with Crippen LogP contribution in [0.3, 0.4) is 0 Å². The van der Waals surface area contributed by atoms with Gasteiger partial charge in [-0.25, -0.2) is 13.1 Å². The third-order valence-electron chi connectivity index (χ3n) is 4.16. The van der Waals surface area contributed by atoms with E-state index in [1.54, 1.807) is 6.07 Å². The smallest absolute Gasteiger partial charge is 0.240 e. The Balaban J connectivity index is 2.14. The van der Waals surface area contributed by atoms with Gasteiger partial charge in [0, 0.05) is 13.1 Å². The molecule has 1 aliphatic carbocycles. The molecule has 0 bridgehead atoms. The monoisotopic (exact) mass is 296 g/mol. The fourth-order valence-electron chi connectivity index (χ4n) is 2.46. The molecule has 1 unspecified atom stereocenters. The predicted octanol–water partition coefficient (Wildman–Crippen LogP) is 2.04. The Hall–Kier alpha value is -0.910. The molecule has 0 aliphatic heterocycles.